The lowest BCUT2D eigenvalue weighted by molar-refractivity contribution is 0.0744. The Labute approximate surface area is 141 Å². The van der Waals surface area contributed by atoms with Crippen LogP contribution in [-0.4, -0.2) is 53.6 Å². The fourth-order valence-corrected chi connectivity index (χ4v) is 2.84. The molecular weight excluding hydrogens is 308 g/mol. The summed E-state index contributed by atoms with van der Waals surface area (Å²) in [5.74, 6) is 1.28. The Morgan fingerprint density at radius 1 is 1.46 bits per heavy atom. The van der Waals surface area contributed by atoms with Gasteiger partial charge in [0, 0.05) is 32.5 Å². The summed E-state index contributed by atoms with van der Waals surface area (Å²) in [7, 11) is 1.83. The fourth-order valence-electron chi connectivity index (χ4n) is 2.84. The number of rotatable bonds is 6. The van der Waals surface area contributed by atoms with Crippen LogP contribution in [0.25, 0.3) is 0 Å². The normalized spacial score (nSPS) is 17.1. The first-order chi connectivity index (χ1) is 11.7. The summed E-state index contributed by atoms with van der Waals surface area (Å²) < 4.78 is 10.7. The van der Waals surface area contributed by atoms with Crippen molar-refractivity contribution in [3.05, 3.63) is 36.5 Å². The molecule has 1 atom stereocenters. The maximum atomic E-state index is 12.4. The van der Waals surface area contributed by atoms with Crippen molar-refractivity contribution in [2.24, 2.45) is 0 Å². The Bertz CT molecular complexity index is 674. The molecule has 24 heavy (non-hydrogen) atoms. The first-order valence-electron chi connectivity index (χ1n) is 8.18. The van der Waals surface area contributed by atoms with E-state index >= 15 is 0 Å². The number of likely N-dealkylation sites (N-methyl/N-ethyl adjacent to an activating group) is 1. The molecule has 1 saturated heterocycles. The van der Waals surface area contributed by atoms with Crippen molar-refractivity contribution in [1.29, 1.82) is 0 Å². The molecule has 0 spiro atoms. The Hall–Kier alpha value is -2.57. The van der Waals surface area contributed by atoms with E-state index in [9.17, 15) is 4.79 Å². The summed E-state index contributed by atoms with van der Waals surface area (Å²) in [4.78, 5) is 25.0. The number of anilines is 1. The van der Waals surface area contributed by atoms with Crippen LogP contribution in [-0.2, 0) is 0 Å². The van der Waals surface area contributed by atoms with Gasteiger partial charge in [0.1, 0.15) is 6.26 Å². The van der Waals surface area contributed by atoms with Crippen LogP contribution in [0.5, 0.6) is 5.88 Å². The molecule has 0 bridgehead atoms. The molecule has 1 unspecified atom stereocenters. The Morgan fingerprint density at radius 2 is 2.29 bits per heavy atom. The highest BCUT2D eigenvalue weighted by Gasteiger charge is 2.31. The summed E-state index contributed by atoms with van der Waals surface area (Å²) in [6.07, 6.45) is 8.09. The van der Waals surface area contributed by atoms with Gasteiger partial charge in [-0.1, -0.05) is 6.92 Å². The second-order valence-electron chi connectivity index (χ2n) is 5.85. The largest absolute Gasteiger partial charge is 0.475 e. The number of aromatic nitrogens is 2. The number of hydrogen-bond donors (Lipinski definition) is 0. The standard InChI is InChI=1S/C17H22N4O3/c1-3-9-24-16-15(18-6-7-19-16)21-8-4-14(11-21)20(2)17(22)13-5-10-23-12-13/h5-7,10,12,14H,3-4,8-9,11H2,1-2H3. The van der Waals surface area contributed by atoms with Crippen molar-refractivity contribution in [2.45, 2.75) is 25.8 Å². The van der Waals surface area contributed by atoms with Crippen LogP contribution in [0.3, 0.4) is 0 Å². The van der Waals surface area contributed by atoms with Crippen LogP contribution in [0.4, 0.5) is 5.82 Å². The van der Waals surface area contributed by atoms with E-state index in [4.69, 9.17) is 9.15 Å². The minimum Gasteiger partial charge on any atom is -0.475 e. The van der Waals surface area contributed by atoms with Gasteiger partial charge in [-0.15, -0.1) is 0 Å². The van der Waals surface area contributed by atoms with E-state index in [0.29, 0.717) is 24.6 Å². The van der Waals surface area contributed by atoms with Crippen LogP contribution < -0.4 is 9.64 Å². The van der Waals surface area contributed by atoms with Gasteiger partial charge in [0.05, 0.1) is 24.5 Å². The third-order valence-electron chi connectivity index (χ3n) is 4.19. The van der Waals surface area contributed by atoms with Crippen LogP contribution in [0.15, 0.2) is 35.4 Å². The Morgan fingerprint density at radius 3 is 3.04 bits per heavy atom. The minimum absolute atomic E-state index is 0.0304. The maximum absolute atomic E-state index is 12.4. The van der Waals surface area contributed by atoms with Crippen molar-refractivity contribution in [2.75, 3.05) is 31.6 Å². The van der Waals surface area contributed by atoms with Crippen LogP contribution in [0, 0.1) is 0 Å². The Kier molecular flexibility index (Phi) is 4.98. The van der Waals surface area contributed by atoms with Crippen molar-refractivity contribution in [3.63, 3.8) is 0 Å². The van der Waals surface area contributed by atoms with Gasteiger partial charge in [-0.25, -0.2) is 9.97 Å². The molecule has 0 aromatic carbocycles. The summed E-state index contributed by atoms with van der Waals surface area (Å²) in [6.45, 7) is 4.19. The van der Waals surface area contributed by atoms with E-state index in [1.165, 1.54) is 12.5 Å². The first-order valence-corrected chi connectivity index (χ1v) is 8.18. The van der Waals surface area contributed by atoms with Crippen molar-refractivity contribution in [3.8, 4) is 5.88 Å². The number of furan rings is 1. The molecule has 3 rings (SSSR count). The molecule has 1 amide bonds. The molecular formula is C17H22N4O3. The minimum atomic E-state index is -0.0304. The molecule has 0 aliphatic carbocycles. The van der Waals surface area contributed by atoms with Crippen LogP contribution in [0.1, 0.15) is 30.1 Å². The first kappa shape index (κ1) is 16.3. The van der Waals surface area contributed by atoms with Gasteiger partial charge in [-0.05, 0) is 18.9 Å². The molecule has 1 fully saturated rings. The van der Waals surface area contributed by atoms with E-state index in [1.807, 2.05) is 7.05 Å². The smallest absolute Gasteiger partial charge is 0.257 e. The Balaban J connectivity index is 1.68. The summed E-state index contributed by atoms with van der Waals surface area (Å²) in [6, 6.07) is 1.80. The molecule has 128 valence electrons. The predicted octanol–water partition coefficient (Wildman–Crippen LogP) is 2.21. The van der Waals surface area contributed by atoms with Crippen molar-refractivity contribution < 1.29 is 13.9 Å². The van der Waals surface area contributed by atoms with Gasteiger partial charge in [0.15, 0.2) is 5.82 Å². The van der Waals surface area contributed by atoms with Gasteiger partial charge in [0.25, 0.3) is 11.8 Å². The molecule has 0 saturated carbocycles. The number of nitrogens with zero attached hydrogens (tertiary/aromatic N) is 4. The molecule has 3 heterocycles. The molecule has 0 radical (unpaired) electrons. The predicted molar refractivity (Wildman–Crippen MR) is 89.2 cm³/mol. The van der Waals surface area contributed by atoms with Gasteiger partial charge >= 0.3 is 0 Å². The summed E-state index contributed by atoms with van der Waals surface area (Å²) >= 11 is 0. The molecule has 1 aliphatic rings. The summed E-state index contributed by atoms with van der Waals surface area (Å²) in [5, 5.41) is 0. The lowest BCUT2D eigenvalue weighted by atomic mass is 10.2. The van der Waals surface area contributed by atoms with Crippen molar-refractivity contribution in [1.82, 2.24) is 14.9 Å². The second kappa shape index (κ2) is 7.33. The third-order valence-corrected chi connectivity index (χ3v) is 4.19. The molecule has 0 N–H and O–H groups in total. The number of carbonyl (C=O) groups excluding carboxylic acids is 1. The highest BCUT2D eigenvalue weighted by atomic mass is 16.5. The molecule has 1 aliphatic heterocycles. The topological polar surface area (TPSA) is 71.7 Å². The van der Waals surface area contributed by atoms with Crippen molar-refractivity contribution >= 4 is 11.7 Å². The fraction of sp³-hybridized carbons (Fsp3) is 0.471. The number of ether oxygens (including phenoxy) is 1. The molecule has 7 heteroatoms. The molecule has 2 aromatic rings. The lowest BCUT2D eigenvalue weighted by Gasteiger charge is -2.25. The van der Waals surface area contributed by atoms with Gasteiger partial charge < -0.3 is 19.0 Å². The number of carbonyl (C=O) groups is 1. The zero-order valence-corrected chi connectivity index (χ0v) is 14.0. The molecule has 7 nitrogen and oxygen atoms in total. The zero-order chi connectivity index (χ0) is 16.9. The van der Waals surface area contributed by atoms with Crippen LogP contribution in [0.2, 0.25) is 0 Å². The monoisotopic (exact) mass is 330 g/mol. The van der Waals surface area contributed by atoms with E-state index in [-0.39, 0.29) is 11.9 Å². The molecule has 2 aromatic heterocycles. The average molecular weight is 330 g/mol. The number of amides is 1. The maximum Gasteiger partial charge on any atom is 0.257 e. The van der Waals surface area contributed by atoms with E-state index in [2.05, 4.69) is 21.8 Å². The second-order valence-corrected chi connectivity index (χ2v) is 5.85. The lowest BCUT2D eigenvalue weighted by Crippen LogP contribution is -2.39. The highest BCUT2D eigenvalue weighted by Crippen LogP contribution is 2.28. The van der Waals surface area contributed by atoms with Gasteiger partial charge in [-0.3, -0.25) is 4.79 Å². The summed E-state index contributed by atoms with van der Waals surface area (Å²) in [5.41, 5.74) is 0.572. The van der Waals surface area contributed by atoms with Gasteiger partial charge in [0.2, 0.25) is 0 Å². The van der Waals surface area contributed by atoms with E-state index in [0.717, 1.165) is 25.2 Å². The SMILES string of the molecule is CCCOc1nccnc1N1CCC(N(C)C(=O)c2ccoc2)C1. The van der Waals surface area contributed by atoms with Gasteiger partial charge in [-0.2, -0.15) is 0 Å². The number of hydrogen-bond acceptors (Lipinski definition) is 6. The van der Waals surface area contributed by atoms with E-state index < -0.39 is 0 Å². The average Bonchev–Trinajstić information content (AvgIpc) is 3.30. The highest BCUT2D eigenvalue weighted by molar-refractivity contribution is 5.93. The van der Waals surface area contributed by atoms with E-state index in [1.54, 1.807) is 23.4 Å². The quantitative estimate of drug-likeness (QED) is 0.809. The third kappa shape index (κ3) is 3.34. The zero-order valence-electron chi connectivity index (χ0n) is 14.0. The van der Waals surface area contributed by atoms with Crippen LogP contribution >= 0.6 is 0 Å².